The van der Waals surface area contributed by atoms with Crippen molar-refractivity contribution in [3.05, 3.63) is 96.1 Å². The summed E-state index contributed by atoms with van der Waals surface area (Å²) >= 11 is 0. The molecule has 0 fully saturated rings. The van der Waals surface area contributed by atoms with E-state index in [-0.39, 0.29) is 5.91 Å². The van der Waals surface area contributed by atoms with Gasteiger partial charge in [-0.2, -0.15) is 0 Å². The zero-order valence-electron chi connectivity index (χ0n) is 25.3. The number of alkyl carbamates (subject to hydrolysis) is 1. The van der Waals surface area contributed by atoms with E-state index in [1.165, 1.54) is 0 Å². The molecule has 2 N–H and O–H groups in total. The Morgan fingerprint density at radius 3 is 1.86 bits per heavy atom. The number of rotatable bonds is 17. The van der Waals surface area contributed by atoms with E-state index >= 15 is 0 Å². The molecule has 0 heterocycles. The molecule has 7 heteroatoms. The molecule has 0 aliphatic heterocycles. The normalized spacial score (nSPS) is 11.8. The first-order valence-corrected chi connectivity index (χ1v) is 15.0. The number of hydrogen-bond donors (Lipinski definition) is 2. The van der Waals surface area contributed by atoms with Crippen molar-refractivity contribution in [1.82, 2.24) is 10.6 Å². The van der Waals surface area contributed by atoms with Gasteiger partial charge in [0.25, 0.3) is 0 Å². The van der Waals surface area contributed by atoms with Gasteiger partial charge in [-0.25, -0.2) is 4.79 Å². The second-order valence-electron chi connectivity index (χ2n) is 11.4. The molecule has 0 spiro atoms. The van der Waals surface area contributed by atoms with E-state index in [0.717, 1.165) is 61.2 Å². The molecule has 226 valence electrons. The molecule has 0 aromatic heterocycles. The van der Waals surface area contributed by atoms with Crippen molar-refractivity contribution in [2.75, 3.05) is 13.2 Å². The molecule has 0 aliphatic rings. The van der Waals surface area contributed by atoms with E-state index in [1.807, 2.05) is 84.9 Å². The number of nitrogens with one attached hydrogen (secondary N) is 2. The van der Waals surface area contributed by atoms with Gasteiger partial charge in [0.2, 0.25) is 5.91 Å². The third kappa shape index (κ3) is 13.6. The van der Waals surface area contributed by atoms with Gasteiger partial charge in [-0.1, -0.05) is 86.3 Å². The van der Waals surface area contributed by atoms with Crippen LogP contribution >= 0.6 is 0 Å². The summed E-state index contributed by atoms with van der Waals surface area (Å²) in [5, 5.41) is 5.72. The summed E-state index contributed by atoms with van der Waals surface area (Å²) in [6.45, 7) is 7.21. The number of carbonyl (C=O) groups is 2. The lowest BCUT2D eigenvalue weighted by atomic mass is 10.1. The summed E-state index contributed by atoms with van der Waals surface area (Å²) in [7, 11) is 0. The van der Waals surface area contributed by atoms with Crippen molar-refractivity contribution in [3.8, 4) is 11.5 Å². The zero-order valence-corrected chi connectivity index (χ0v) is 25.3. The predicted molar refractivity (Wildman–Crippen MR) is 167 cm³/mol. The summed E-state index contributed by atoms with van der Waals surface area (Å²) in [5.74, 6) is 1.48. The van der Waals surface area contributed by atoms with Gasteiger partial charge in [-0.05, 0) is 69.0 Å². The van der Waals surface area contributed by atoms with Crippen LogP contribution in [0.15, 0.2) is 84.9 Å². The van der Waals surface area contributed by atoms with Crippen LogP contribution in [-0.2, 0) is 22.6 Å². The fraction of sp³-hybridized carbons (Fsp3) is 0.429. The van der Waals surface area contributed by atoms with Gasteiger partial charge in [-0.3, -0.25) is 4.79 Å². The van der Waals surface area contributed by atoms with E-state index in [1.54, 1.807) is 20.8 Å². The van der Waals surface area contributed by atoms with E-state index in [9.17, 15) is 9.59 Å². The maximum atomic E-state index is 12.9. The van der Waals surface area contributed by atoms with Crippen LogP contribution in [0.5, 0.6) is 11.5 Å². The average Bonchev–Trinajstić information content (AvgIpc) is 2.97. The van der Waals surface area contributed by atoms with Crippen molar-refractivity contribution < 1.29 is 23.8 Å². The lowest BCUT2D eigenvalue weighted by molar-refractivity contribution is -0.123. The van der Waals surface area contributed by atoms with E-state index < -0.39 is 17.7 Å². The molecule has 7 nitrogen and oxygen atoms in total. The number of unbranched alkanes of at least 4 members (excludes halogenated alkanes) is 5. The Labute approximate surface area is 251 Å². The Bertz CT molecular complexity index is 1180. The van der Waals surface area contributed by atoms with Crippen molar-refractivity contribution >= 4 is 12.0 Å². The molecule has 0 unspecified atom stereocenters. The fourth-order valence-electron chi connectivity index (χ4n) is 4.34. The zero-order chi connectivity index (χ0) is 30.0. The monoisotopic (exact) mass is 574 g/mol. The minimum Gasteiger partial charge on any atom is -0.494 e. The summed E-state index contributed by atoms with van der Waals surface area (Å²) in [6, 6.07) is 26.8. The van der Waals surface area contributed by atoms with Gasteiger partial charge in [0.15, 0.2) is 0 Å². The van der Waals surface area contributed by atoms with Crippen molar-refractivity contribution in [2.45, 2.75) is 84.0 Å². The SMILES string of the molecule is CC(C)(C)OC(=O)N[C@@H](Cc1ccccc1)C(=O)NCCCCCCCCOc1ccc(OCc2ccccc2)cc1. The number of ether oxygens (including phenoxy) is 3. The highest BCUT2D eigenvalue weighted by atomic mass is 16.6. The Morgan fingerprint density at radius 1 is 0.690 bits per heavy atom. The van der Waals surface area contributed by atoms with Crippen LogP contribution in [0.2, 0.25) is 0 Å². The molecule has 0 bridgehead atoms. The first-order valence-electron chi connectivity index (χ1n) is 15.0. The molecule has 1 atom stereocenters. The maximum absolute atomic E-state index is 12.9. The van der Waals surface area contributed by atoms with E-state index in [4.69, 9.17) is 14.2 Å². The number of carbonyl (C=O) groups excluding carboxylic acids is 2. The molecule has 0 aliphatic carbocycles. The Balaban J connectivity index is 1.24. The van der Waals surface area contributed by atoms with Crippen LogP contribution in [-0.4, -0.2) is 36.8 Å². The highest BCUT2D eigenvalue weighted by Gasteiger charge is 2.24. The van der Waals surface area contributed by atoms with Gasteiger partial charge < -0.3 is 24.8 Å². The van der Waals surface area contributed by atoms with Crippen LogP contribution in [0.25, 0.3) is 0 Å². The fourth-order valence-corrected chi connectivity index (χ4v) is 4.34. The van der Waals surface area contributed by atoms with Crippen LogP contribution < -0.4 is 20.1 Å². The summed E-state index contributed by atoms with van der Waals surface area (Å²) in [5.41, 5.74) is 1.48. The first-order chi connectivity index (χ1) is 20.3. The van der Waals surface area contributed by atoms with Crippen LogP contribution in [0.3, 0.4) is 0 Å². The number of benzene rings is 3. The van der Waals surface area contributed by atoms with Crippen LogP contribution in [0.4, 0.5) is 4.79 Å². The van der Waals surface area contributed by atoms with Crippen molar-refractivity contribution in [2.24, 2.45) is 0 Å². The summed E-state index contributed by atoms with van der Waals surface area (Å²) in [4.78, 5) is 25.2. The quantitative estimate of drug-likeness (QED) is 0.166. The second kappa shape index (κ2) is 17.7. The van der Waals surface area contributed by atoms with Gasteiger partial charge in [0.05, 0.1) is 6.61 Å². The predicted octanol–water partition coefficient (Wildman–Crippen LogP) is 7.24. The topological polar surface area (TPSA) is 85.9 Å². The number of hydrogen-bond acceptors (Lipinski definition) is 5. The molecule has 3 rings (SSSR count). The maximum Gasteiger partial charge on any atom is 0.408 e. The van der Waals surface area contributed by atoms with Gasteiger partial charge in [0.1, 0.15) is 29.7 Å². The van der Waals surface area contributed by atoms with Crippen LogP contribution in [0, 0.1) is 0 Å². The Kier molecular flexibility index (Phi) is 13.7. The Morgan fingerprint density at radius 2 is 1.24 bits per heavy atom. The molecule has 3 aromatic rings. The molecular weight excluding hydrogens is 528 g/mol. The van der Waals surface area contributed by atoms with E-state index in [0.29, 0.717) is 26.2 Å². The highest BCUT2D eigenvalue weighted by Crippen LogP contribution is 2.19. The third-order valence-corrected chi connectivity index (χ3v) is 6.50. The van der Waals surface area contributed by atoms with E-state index in [2.05, 4.69) is 10.6 Å². The van der Waals surface area contributed by atoms with Crippen LogP contribution in [0.1, 0.15) is 70.4 Å². The minimum atomic E-state index is -0.694. The highest BCUT2D eigenvalue weighted by molar-refractivity contribution is 5.86. The van der Waals surface area contributed by atoms with Gasteiger partial charge >= 0.3 is 6.09 Å². The lowest BCUT2D eigenvalue weighted by Crippen LogP contribution is -2.49. The Hall–Kier alpha value is -4.00. The molecule has 0 saturated heterocycles. The minimum absolute atomic E-state index is 0.197. The smallest absolute Gasteiger partial charge is 0.408 e. The molecule has 42 heavy (non-hydrogen) atoms. The molecular formula is C35H46N2O5. The first kappa shape index (κ1) is 32.5. The largest absolute Gasteiger partial charge is 0.494 e. The molecule has 2 amide bonds. The molecule has 3 aromatic carbocycles. The number of amides is 2. The molecule has 0 radical (unpaired) electrons. The standard InChI is InChI=1S/C35H46N2O5/c1-35(2,3)42-34(39)37-32(26-28-16-10-8-11-17-28)33(38)36-24-14-6-4-5-7-15-25-40-30-20-22-31(23-21-30)41-27-29-18-12-9-13-19-29/h8-13,16-23,32H,4-7,14-15,24-27H2,1-3H3,(H,36,38)(H,37,39)/t32-/m0/s1. The van der Waals surface area contributed by atoms with Crippen molar-refractivity contribution in [1.29, 1.82) is 0 Å². The molecule has 0 saturated carbocycles. The summed E-state index contributed by atoms with van der Waals surface area (Å²) < 4.78 is 17.1. The van der Waals surface area contributed by atoms with Gasteiger partial charge in [-0.15, -0.1) is 0 Å². The summed E-state index contributed by atoms with van der Waals surface area (Å²) in [6.07, 6.45) is 6.07. The lowest BCUT2D eigenvalue weighted by Gasteiger charge is -2.23. The second-order valence-corrected chi connectivity index (χ2v) is 11.4. The average molecular weight is 575 g/mol. The van der Waals surface area contributed by atoms with Crippen molar-refractivity contribution in [3.63, 3.8) is 0 Å². The van der Waals surface area contributed by atoms with Gasteiger partial charge in [0, 0.05) is 13.0 Å². The third-order valence-electron chi connectivity index (χ3n) is 6.50.